The van der Waals surface area contributed by atoms with Gasteiger partial charge < -0.3 is 10.0 Å². The highest BCUT2D eigenvalue weighted by atomic mass is 16.3. The van der Waals surface area contributed by atoms with Crippen LogP contribution in [0.1, 0.15) is 19.0 Å². The molecule has 2 aromatic heterocycles. The van der Waals surface area contributed by atoms with Crippen LogP contribution in [-0.2, 0) is 0 Å². The Bertz CT molecular complexity index is 640. The molecule has 3 heterocycles. The highest BCUT2D eigenvalue weighted by Crippen LogP contribution is 2.28. The Kier molecular flexibility index (Phi) is 2.88. The quantitative estimate of drug-likeness (QED) is 0.882. The summed E-state index contributed by atoms with van der Waals surface area (Å²) < 4.78 is 1.81. The fourth-order valence-electron chi connectivity index (χ4n) is 2.68. The van der Waals surface area contributed by atoms with E-state index in [-0.39, 0.29) is 12.0 Å². The first-order valence-electron chi connectivity index (χ1n) is 6.51. The largest absolute Gasteiger partial charge is 0.393 e. The number of nitrogens with zero attached hydrogens (tertiary/aromatic N) is 4. The monoisotopic (exact) mass is 256 g/mol. The summed E-state index contributed by atoms with van der Waals surface area (Å²) in [6.07, 6.45) is 2.48. The van der Waals surface area contributed by atoms with Crippen molar-refractivity contribution in [2.75, 3.05) is 18.0 Å². The summed E-state index contributed by atoms with van der Waals surface area (Å²) in [5.74, 6) is 0.994. The molecule has 0 aliphatic carbocycles. The molecule has 19 heavy (non-hydrogen) atoms. The van der Waals surface area contributed by atoms with Crippen molar-refractivity contribution in [1.29, 1.82) is 5.26 Å². The van der Waals surface area contributed by atoms with Gasteiger partial charge in [-0.25, -0.2) is 4.98 Å². The van der Waals surface area contributed by atoms with Crippen LogP contribution in [0.15, 0.2) is 24.4 Å². The summed E-state index contributed by atoms with van der Waals surface area (Å²) in [4.78, 5) is 6.64. The molecule has 0 amide bonds. The standard InChI is InChI=1S/C14H16N4O/c1-10(19)11-5-7-17(9-11)14-12(8-15)18-6-3-2-4-13(18)16-14/h2-4,6,10-11,19H,5,7,9H2,1H3. The van der Waals surface area contributed by atoms with Gasteiger partial charge in [-0.3, -0.25) is 4.40 Å². The van der Waals surface area contributed by atoms with E-state index in [4.69, 9.17) is 0 Å². The number of anilines is 1. The van der Waals surface area contributed by atoms with E-state index < -0.39 is 0 Å². The zero-order chi connectivity index (χ0) is 13.4. The van der Waals surface area contributed by atoms with Crippen molar-refractivity contribution in [2.24, 2.45) is 5.92 Å². The van der Waals surface area contributed by atoms with Crippen LogP contribution in [-0.4, -0.2) is 33.7 Å². The van der Waals surface area contributed by atoms with Gasteiger partial charge in [0.1, 0.15) is 11.7 Å². The Morgan fingerprint density at radius 2 is 2.37 bits per heavy atom. The molecule has 0 radical (unpaired) electrons. The third kappa shape index (κ3) is 1.94. The van der Waals surface area contributed by atoms with E-state index in [2.05, 4.69) is 16.0 Å². The lowest BCUT2D eigenvalue weighted by molar-refractivity contribution is 0.136. The average molecular weight is 256 g/mol. The van der Waals surface area contributed by atoms with Gasteiger partial charge in [-0.1, -0.05) is 6.07 Å². The van der Waals surface area contributed by atoms with Crippen LogP contribution in [0.2, 0.25) is 0 Å². The fourth-order valence-corrected chi connectivity index (χ4v) is 2.68. The normalized spacial score (nSPS) is 20.7. The molecule has 2 atom stereocenters. The van der Waals surface area contributed by atoms with Crippen molar-refractivity contribution in [2.45, 2.75) is 19.4 Å². The second-order valence-corrected chi connectivity index (χ2v) is 5.06. The van der Waals surface area contributed by atoms with Crippen LogP contribution >= 0.6 is 0 Å². The third-order valence-electron chi connectivity index (χ3n) is 3.82. The number of hydrogen-bond donors (Lipinski definition) is 1. The minimum absolute atomic E-state index is 0.261. The zero-order valence-corrected chi connectivity index (χ0v) is 10.8. The molecule has 1 aliphatic rings. The van der Waals surface area contributed by atoms with E-state index >= 15 is 0 Å². The highest BCUT2D eigenvalue weighted by Gasteiger charge is 2.29. The van der Waals surface area contributed by atoms with E-state index in [0.29, 0.717) is 5.69 Å². The maximum absolute atomic E-state index is 9.67. The number of hydrogen-bond acceptors (Lipinski definition) is 4. The molecule has 1 saturated heterocycles. The second kappa shape index (κ2) is 4.56. The van der Waals surface area contributed by atoms with Gasteiger partial charge in [-0.05, 0) is 25.5 Å². The number of fused-ring (bicyclic) bond motifs is 1. The van der Waals surface area contributed by atoms with Gasteiger partial charge in [-0.15, -0.1) is 0 Å². The Morgan fingerprint density at radius 3 is 3.05 bits per heavy atom. The molecule has 0 bridgehead atoms. The molecular weight excluding hydrogens is 240 g/mol. The molecule has 0 aromatic carbocycles. The van der Waals surface area contributed by atoms with Gasteiger partial charge in [0.05, 0.1) is 6.10 Å². The van der Waals surface area contributed by atoms with Crippen molar-refractivity contribution in [3.8, 4) is 6.07 Å². The van der Waals surface area contributed by atoms with Crippen LogP contribution in [0.4, 0.5) is 5.82 Å². The van der Waals surface area contributed by atoms with E-state index in [1.54, 1.807) is 0 Å². The maximum atomic E-state index is 9.67. The average Bonchev–Trinajstić information content (AvgIpc) is 3.02. The topological polar surface area (TPSA) is 64.6 Å². The Morgan fingerprint density at radius 1 is 1.53 bits per heavy atom. The molecule has 2 aromatic rings. The number of pyridine rings is 1. The molecule has 5 nitrogen and oxygen atoms in total. The van der Waals surface area contributed by atoms with E-state index in [9.17, 15) is 10.4 Å². The molecule has 1 fully saturated rings. The molecule has 0 saturated carbocycles. The lowest BCUT2D eigenvalue weighted by Gasteiger charge is -2.17. The number of aromatic nitrogens is 2. The van der Waals surface area contributed by atoms with Crippen molar-refractivity contribution in [3.63, 3.8) is 0 Å². The van der Waals surface area contributed by atoms with Crippen molar-refractivity contribution >= 4 is 11.5 Å². The molecule has 1 N–H and O–H groups in total. The van der Waals surface area contributed by atoms with Crippen LogP contribution in [0, 0.1) is 17.2 Å². The fraction of sp³-hybridized carbons (Fsp3) is 0.429. The van der Waals surface area contributed by atoms with Crippen LogP contribution in [0.3, 0.4) is 0 Å². The first-order valence-corrected chi connectivity index (χ1v) is 6.51. The number of imidazole rings is 1. The molecule has 3 rings (SSSR count). The lowest BCUT2D eigenvalue weighted by atomic mass is 10.0. The molecule has 2 unspecified atom stereocenters. The first kappa shape index (κ1) is 12.0. The number of aliphatic hydroxyl groups is 1. The summed E-state index contributed by atoms with van der Waals surface area (Å²) >= 11 is 0. The lowest BCUT2D eigenvalue weighted by Crippen LogP contribution is -2.24. The highest BCUT2D eigenvalue weighted by molar-refractivity contribution is 5.60. The Hall–Kier alpha value is -2.06. The van der Waals surface area contributed by atoms with Gasteiger partial charge in [-0.2, -0.15) is 5.26 Å². The summed E-state index contributed by atoms with van der Waals surface area (Å²) in [5, 5.41) is 19.0. The first-order chi connectivity index (χ1) is 9.20. The maximum Gasteiger partial charge on any atom is 0.169 e. The number of nitriles is 1. The van der Waals surface area contributed by atoms with E-state index in [1.807, 2.05) is 35.7 Å². The Balaban J connectivity index is 2.00. The van der Waals surface area contributed by atoms with Crippen LogP contribution < -0.4 is 4.90 Å². The van der Waals surface area contributed by atoms with E-state index in [1.165, 1.54) is 0 Å². The van der Waals surface area contributed by atoms with Crippen LogP contribution in [0.5, 0.6) is 0 Å². The smallest absolute Gasteiger partial charge is 0.169 e. The predicted octanol–water partition coefficient (Wildman–Crippen LogP) is 1.41. The molecular formula is C14H16N4O. The minimum Gasteiger partial charge on any atom is -0.393 e. The molecule has 0 spiro atoms. The van der Waals surface area contributed by atoms with Gasteiger partial charge in [0.15, 0.2) is 11.5 Å². The summed E-state index contributed by atoms with van der Waals surface area (Å²) in [7, 11) is 0. The summed E-state index contributed by atoms with van der Waals surface area (Å²) in [6.45, 7) is 3.42. The van der Waals surface area contributed by atoms with Gasteiger partial charge in [0, 0.05) is 25.2 Å². The summed E-state index contributed by atoms with van der Waals surface area (Å²) in [6, 6.07) is 7.93. The van der Waals surface area contributed by atoms with Gasteiger partial charge in [0.25, 0.3) is 0 Å². The third-order valence-corrected chi connectivity index (χ3v) is 3.82. The van der Waals surface area contributed by atoms with Crippen molar-refractivity contribution < 1.29 is 5.11 Å². The second-order valence-electron chi connectivity index (χ2n) is 5.06. The minimum atomic E-state index is -0.312. The van der Waals surface area contributed by atoms with Crippen molar-refractivity contribution in [1.82, 2.24) is 9.38 Å². The summed E-state index contributed by atoms with van der Waals surface area (Å²) in [5.41, 5.74) is 1.36. The zero-order valence-electron chi connectivity index (χ0n) is 10.8. The Labute approximate surface area is 111 Å². The number of rotatable bonds is 2. The van der Waals surface area contributed by atoms with Crippen LogP contribution in [0.25, 0.3) is 5.65 Å². The molecule has 5 heteroatoms. The van der Waals surface area contributed by atoms with Crippen molar-refractivity contribution in [3.05, 3.63) is 30.1 Å². The molecule has 1 aliphatic heterocycles. The SMILES string of the molecule is CC(O)C1CCN(c2nc3ccccn3c2C#N)C1. The van der Waals surface area contributed by atoms with Gasteiger partial charge >= 0.3 is 0 Å². The van der Waals surface area contributed by atoms with Gasteiger partial charge in [0.2, 0.25) is 0 Å². The predicted molar refractivity (Wildman–Crippen MR) is 71.9 cm³/mol. The number of aliphatic hydroxyl groups excluding tert-OH is 1. The van der Waals surface area contributed by atoms with E-state index in [0.717, 1.165) is 31.0 Å². The molecule has 98 valence electrons.